The molecule has 0 unspecified atom stereocenters. The molecule has 112 valence electrons. The van der Waals surface area contributed by atoms with Gasteiger partial charge in [0.1, 0.15) is 0 Å². The lowest BCUT2D eigenvalue weighted by molar-refractivity contribution is 0.312. The second kappa shape index (κ2) is 6.88. The molecule has 2 N–H and O–H groups in total. The van der Waals surface area contributed by atoms with E-state index in [1.807, 2.05) is 19.9 Å². The summed E-state index contributed by atoms with van der Waals surface area (Å²) in [7, 11) is 0. The predicted molar refractivity (Wildman–Crippen MR) is 84.4 cm³/mol. The molecule has 2 rings (SSSR count). The average molecular weight is 287 g/mol. The van der Waals surface area contributed by atoms with E-state index in [9.17, 15) is 0 Å². The lowest BCUT2D eigenvalue weighted by Gasteiger charge is -2.10. The van der Waals surface area contributed by atoms with Crippen LogP contribution in [0.2, 0.25) is 0 Å². The van der Waals surface area contributed by atoms with Crippen molar-refractivity contribution in [3.63, 3.8) is 0 Å². The van der Waals surface area contributed by atoms with Gasteiger partial charge in [-0.2, -0.15) is 15.0 Å². The molecule has 1 aromatic heterocycles. The van der Waals surface area contributed by atoms with Crippen LogP contribution in [0.15, 0.2) is 18.2 Å². The quantitative estimate of drug-likeness (QED) is 0.850. The summed E-state index contributed by atoms with van der Waals surface area (Å²) in [5.74, 6) is 0.968. The van der Waals surface area contributed by atoms with Gasteiger partial charge in [-0.15, -0.1) is 0 Å². The molecule has 0 radical (unpaired) electrons. The summed E-state index contributed by atoms with van der Waals surface area (Å²) in [6.07, 6.45) is 0. The summed E-state index contributed by atoms with van der Waals surface area (Å²) < 4.78 is 5.37. The normalized spacial score (nSPS) is 10.3. The molecule has 0 saturated heterocycles. The van der Waals surface area contributed by atoms with Gasteiger partial charge < -0.3 is 15.4 Å². The maximum absolute atomic E-state index is 5.37. The fourth-order valence-electron chi connectivity index (χ4n) is 1.79. The fourth-order valence-corrected chi connectivity index (χ4v) is 1.79. The smallest absolute Gasteiger partial charge is 0.323 e. The number of aromatic nitrogens is 3. The Morgan fingerprint density at radius 1 is 1.00 bits per heavy atom. The second-order valence-electron chi connectivity index (χ2n) is 4.65. The monoisotopic (exact) mass is 287 g/mol. The van der Waals surface area contributed by atoms with Gasteiger partial charge in [-0.3, -0.25) is 0 Å². The number of aryl methyl sites for hydroxylation is 2. The van der Waals surface area contributed by atoms with E-state index in [0.717, 1.165) is 12.2 Å². The van der Waals surface area contributed by atoms with E-state index in [4.69, 9.17) is 4.74 Å². The van der Waals surface area contributed by atoms with E-state index in [1.165, 1.54) is 11.1 Å². The van der Waals surface area contributed by atoms with Crippen LogP contribution in [0.1, 0.15) is 25.0 Å². The Balaban J connectivity index is 2.26. The standard InChI is InChI=1S/C15H21N5O/c1-5-16-13-18-14(20-15(19-13)21-6-2)17-12-8-7-10(3)11(4)9-12/h7-9H,5-6H2,1-4H3,(H2,16,17,18,19,20). The zero-order valence-corrected chi connectivity index (χ0v) is 12.9. The minimum absolute atomic E-state index is 0.315. The van der Waals surface area contributed by atoms with E-state index in [0.29, 0.717) is 24.5 Å². The zero-order chi connectivity index (χ0) is 15.2. The van der Waals surface area contributed by atoms with Crippen molar-refractivity contribution in [1.82, 2.24) is 15.0 Å². The number of hydrogen-bond donors (Lipinski definition) is 2. The molecule has 2 aromatic rings. The minimum Gasteiger partial charge on any atom is -0.464 e. The van der Waals surface area contributed by atoms with Crippen LogP contribution in [0.5, 0.6) is 6.01 Å². The first-order valence-corrected chi connectivity index (χ1v) is 7.09. The predicted octanol–water partition coefficient (Wildman–Crippen LogP) is 3.06. The number of ether oxygens (including phenoxy) is 1. The molecule has 6 nitrogen and oxygen atoms in total. The Kier molecular flexibility index (Phi) is 4.92. The minimum atomic E-state index is 0.315. The second-order valence-corrected chi connectivity index (χ2v) is 4.65. The number of nitrogens with one attached hydrogen (secondary N) is 2. The van der Waals surface area contributed by atoms with Gasteiger partial charge >= 0.3 is 6.01 Å². The molecule has 0 aliphatic heterocycles. The molecule has 0 atom stereocenters. The van der Waals surface area contributed by atoms with E-state index in [-0.39, 0.29) is 0 Å². The topological polar surface area (TPSA) is 72.0 Å². The van der Waals surface area contributed by atoms with Crippen LogP contribution in [0.25, 0.3) is 0 Å². The molecule has 0 bridgehead atoms. The van der Waals surface area contributed by atoms with Crippen LogP contribution in [0, 0.1) is 13.8 Å². The molecule has 0 fully saturated rings. The molecule has 0 aliphatic rings. The van der Waals surface area contributed by atoms with Crippen molar-refractivity contribution in [2.75, 3.05) is 23.8 Å². The van der Waals surface area contributed by atoms with Gasteiger partial charge in [0.2, 0.25) is 11.9 Å². The molecule has 1 aromatic carbocycles. The molecule has 0 spiro atoms. The number of nitrogens with zero attached hydrogens (tertiary/aromatic N) is 3. The SMILES string of the molecule is CCNc1nc(Nc2ccc(C)c(C)c2)nc(OCC)n1. The van der Waals surface area contributed by atoms with E-state index >= 15 is 0 Å². The van der Waals surface area contributed by atoms with Gasteiger partial charge in [0.25, 0.3) is 0 Å². The largest absolute Gasteiger partial charge is 0.464 e. The molecular formula is C15H21N5O. The lowest BCUT2D eigenvalue weighted by atomic mass is 10.1. The van der Waals surface area contributed by atoms with Crippen molar-refractivity contribution >= 4 is 17.6 Å². The highest BCUT2D eigenvalue weighted by molar-refractivity contribution is 5.56. The first-order valence-electron chi connectivity index (χ1n) is 7.09. The lowest BCUT2D eigenvalue weighted by Crippen LogP contribution is -2.09. The summed E-state index contributed by atoms with van der Waals surface area (Å²) in [5, 5.41) is 6.26. The summed E-state index contributed by atoms with van der Waals surface area (Å²) in [6, 6.07) is 6.44. The van der Waals surface area contributed by atoms with Crippen LogP contribution in [0.3, 0.4) is 0 Å². The van der Waals surface area contributed by atoms with Crippen molar-refractivity contribution in [1.29, 1.82) is 0 Å². The summed E-state index contributed by atoms with van der Waals surface area (Å²) >= 11 is 0. The third-order valence-corrected chi connectivity index (χ3v) is 2.99. The first kappa shape index (κ1) is 15.0. The van der Waals surface area contributed by atoms with Crippen molar-refractivity contribution in [2.24, 2.45) is 0 Å². The number of hydrogen-bond acceptors (Lipinski definition) is 6. The van der Waals surface area contributed by atoms with Crippen LogP contribution in [-0.4, -0.2) is 28.1 Å². The molecule has 0 amide bonds. The van der Waals surface area contributed by atoms with Crippen LogP contribution < -0.4 is 15.4 Å². The average Bonchev–Trinajstić information content (AvgIpc) is 2.43. The van der Waals surface area contributed by atoms with Crippen molar-refractivity contribution < 1.29 is 4.74 Å². The number of benzene rings is 1. The maximum Gasteiger partial charge on any atom is 0.323 e. The van der Waals surface area contributed by atoms with Gasteiger partial charge in [0, 0.05) is 12.2 Å². The van der Waals surface area contributed by atoms with Gasteiger partial charge in [0.15, 0.2) is 0 Å². The van der Waals surface area contributed by atoms with E-state index < -0.39 is 0 Å². The number of anilines is 3. The summed E-state index contributed by atoms with van der Waals surface area (Å²) in [5.41, 5.74) is 3.40. The van der Waals surface area contributed by atoms with Crippen LogP contribution >= 0.6 is 0 Å². The molecule has 0 aliphatic carbocycles. The number of rotatable bonds is 6. The summed E-state index contributed by atoms with van der Waals surface area (Å²) in [4.78, 5) is 12.8. The molecule has 1 heterocycles. The van der Waals surface area contributed by atoms with Crippen molar-refractivity contribution in [2.45, 2.75) is 27.7 Å². The summed E-state index contributed by atoms with van der Waals surface area (Å²) in [6.45, 7) is 9.28. The Morgan fingerprint density at radius 3 is 2.43 bits per heavy atom. The van der Waals surface area contributed by atoms with Gasteiger partial charge in [-0.05, 0) is 51.0 Å². The third kappa shape index (κ3) is 4.05. The van der Waals surface area contributed by atoms with E-state index in [1.54, 1.807) is 0 Å². The van der Waals surface area contributed by atoms with E-state index in [2.05, 4.69) is 51.6 Å². The Bertz CT molecular complexity index is 591. The Labute approximate surface area is 125 Å². The highest BCUT2D eigenvalue weighted by atomic mass is 16.5. The molecule has 21 heavy (non-hydrogen) atoms. The Hall–Kier alpha value is -2.37. The fraction of sp³-hybridized carbons (Fsp3) is 0.400. The van der Waals surface area contributed by atoms with Gasteiger partial charge in [-0.1, -0.05) is 6.07 Å². The highest BCUT2D eigenvalue weighted by Gasteiger charge is 2.07. The van der Waals surface area contributed by atoms with Crippen molar-refractivity contribution in [3.05, 3.63) is 29.3 Å². The third-order valence-electron chi connectivity index (χ3n) is 2.99. The molecular weight excluding hydrogens is 266 g/mol. The van der Waals surface area contributed by atoms with Crippen molar-refractivity contribution in [3.8, 4) is 6.01 Å². The zero-order valence-electron chi connectivity index (χ0n) is 12.9. The highest BCUT2D eigenvalue weighted by Crippen LogP contribution is 2.19. The Morgan fingerprint density at radius 2 is 1.76 bits per heavy atom. The van der Waals surface area contributed by atoms with Crippen LogP contribution in [-0.2, 0) is 0 Å². The molecule has 6 heteroatoms. The van der Waals surface area contributed by atoms with Gasteiger partial charge in [-0.25, -0.2) is 0 Å². The molecule has 0 saturated carbocycles. The maximum atomic E-state index is 5.37. The first-order chi connectivity index (χ1) is 10.1. The van der Waals surface area contributed by atoms with Crippen LogP contribution in [0.4, 0.5) is 17.6 Å². The van der Waals surface area contributed by atoms with Gasteiger partial charge in [0.05, 0.1) is 6.61 Å².